The average Bonchev–Trinajstić information content (AvgIpc) is 2.44. The van der Waals surface area contributed by atoms with Gasteiger partial charge in [-0.25, -0.2) is 0 Å². The van der Waals surface area contributed by atoms with E-state index in [1.807, 2.05) is 0 Å². The summed E-state index contributed by atoms with van der Waals surface area (Å²) in [6, 6.07) is 0.887. The highest BCUT2D eigenvalue weighted by molar-refractivity contribution is 4.96. The first kappa shape index (κ1) is 8.55. The summed E-state index contributed by atoms with van der Waals surface area (Å²) in [4.78, 5) is 2.60. The maximum Gasteiger partial charge on any atom is 0.0147 e. The van der Waals surface area contributed by atoms with Gasteiger partial charge in [0.15, 0.2) is 0 Å². The predicted octanol–water partition coefficient (Wildman–Crippen LogP) is 2.37. The first-order valence-corrected chi connectivity index (χ1v) is 5.40. The van der Waals surface area contributed by atoms with E-state index in [2.05, 4.69) is 25.8 Å². The molecule has 0 N–H and O–H groups in total. The van der Waals surface area contributed by atoms with E-state index in [0.29, 0.717) is 0 Å². The van der Waals surface area contributed by atoms with Crippen molar-refractivity contribution in [2.45, 2.75) is 39.2 Å². The molecule has 2 rings (SSSR count). The zero-order valence-electron chi connectivity index (χ0n) is 8.59. The molecule has 1 saturated heterocycles. The molecule has 1 heterocycles. The van der Waals surface area contributed by atoms with Crippen molar-refractivity contribution >= 4 is 0 Å². The lowest BCUT2D eigenvalue weighted by Crippen LogP contribution is -2.33. The van der Waals surface area contributed by atoms with E-state index >= 15 is 0 Å². The Bertz CT molecular complexity index is 164. The summed E-state index contributed by atoms with van der Waals surface area (Å²) in [7, 11) is 2.31. The third-order valence-electron chi connectivity index (χ3n) is 3.87. The molecule has 0 aromatic carbocycles. The Kier molecular flexibility index (Phi) is 2.16. The molecule has 1 saturated carbocycles. The smallest absolute Gasteiger partial charge is 0.0147 e. The largest absolute Gasteiger partial charge is 0.303 e. The van der Waals surface area contributed by atoms with Crippen LogP contribution in [0.2, 0.25) is 0 Å². The Balaban J connectivity index is 2.10. The topological polar surface area (TPSA) is 3.24 Å². The Morgan fingerprint density at radius 3 is 2.67 bits per heavy atom. The summed E-state index contributed by atoms with van der Waals surface area (Å²) in [5, 5.41) is 0. The van der Waals surface area contributed by atoms with Gasteiger partial charge in [0.05, 0.1) is 0 Å². The number of rotatable bonds is 1. The average molecular weight is 167 g/mol. The molecule has 0 radical (unpaired) electrons. The normalized spacial score (nSPS) is 42.5. The van der Waals surface area contributed by atoms with Gasteiger partial charge in [-0.3, -0.25) is 0 Å². The highest BCUT2D eigenvalue weighted by Gasteiger charge is 2.43. The van der Waals surface area contributed by atoms with Crippen LogP contribution in [0.1, 0.15) is 33.1 Å². The quantitative estimate of drug-likeness (QED) is 0.579. The molecule has 70 valence electrons. The summed E-state index contributed by atoms with van der Waals surface area (Å²) in [6.07, 6.45) is 4.49. The van der Waals surface area contributed by atoms with Gasteiger partial charge in [0.2, 0.25) is 0 Å². The van der Waals surface area contributed by atoms with Gasteiger partial charge >= 0.3 is 0 Å². The third-order valence-corrected chi connectivity index (χ3v) is 3.87. The lowest BCUT2D eigenvalue weighted by Gasteiger charge is -2.27. The molecule has 0 spiro atoms. The van der Waals surface area contributed by atoms with E-state index in [1.54, 1.807) is 0 Å². The number of hydrogen-bond acceptors (Lipinski definition) is 1. The molecule has 1 nitrogen and oxygen atoms in total. The molecule has 0 amide bonds. The summed E-state index contributed by atoms with van der Waals surface area (Å²) in [6.45, 7) is 6.12. The molecule has 0 aromatic heterocycles. The van der Waals surface area contributed by atoms with Gasteiger partial charge in [0.25, 0.3) is 0 Å². The van der Waals surface area contributed by atoms with Crippen molar-refractivity contribution < 1.29 is 0 Å². The second-order valence-electron chi connectivity index (χ2n) is 5.03. The van der Waals surface area contributed by atoms with E-state index < -0.39 is 0 Å². The molecule has 0 unspecified atom stereocenters. The Morgan fingerprint density at radius 2 is 2.00 bits per heavy atom. The molecule has 1 aliphatic heterocycles. The fraction of sp³-hybridized carbons (Fsp3) is 1.00. The van der Waals surface area contributed by atoms with E-state index in [0.717, 1.165) is 23.8 Å². The minimum absolute atomic E-state index is 0.850. The van der Waals surface area contributed by atoms with Crippen LogP contribution < -0.4 is 0 Å². The Labute approximate surface area is 76.1 Å². The van der Waals surface area contributed by atoms with Crippen LogP contribution in [0.5, 0.6) is 0 Å². The summed E-state index contributed by atoms with van der Waals surface area (Å²) < 4.78 is 0. The molecule has 0 bridgehead atoms. The van der Waals surface area contributed by atoms with Crippen molar-refractivity contribution in [3.63, 3.8) is 0 Å². The minimum atomic E-state index is 0.850. The predicted molar refractivity (Wildman–Crippen MR) is 52.1 cm³/mol. The van der Waals surface area contributed by atoms with Crippen LogP contribution in [0.3, 0.4) is 0 Å². The zero-order chi connectivity index (χ0) is 8.72. The maximum absolute atomic E-state index is 2.60. The van der Waals surface area contributed by atoms with Gasteiger partial charge in [0.1, 0.15) is 0 Å². The zero-order valence-corrected chi connectivity index (χ0v) is 8.59. The van der Waals surface area contributed by atoms with E-state index in [-0.39, 0.29) is 0 Å². The van der Waals surface area contributed by atoms with Gasteiger partial charge in [-0.05, 0) is 37.6 Å². The van der Waals surface area contributed by atoms with Crippen molar-refractivity contribution in [2.75, 3.05) is 13.6 Å². The number of nitrogens with zero attached hydrogens (tertiary/aromatic N) is 1. The standard InChI is InChI=1S/C11H21N/c1-8(2)11-10-6-4-5-9(10)7-12(11)3/h8-11H,4-7H2,1-3H3/t9-,10-,11+/m0/s1. The van der Waals surface area contributed by atoms with Crippen LogP contribution in [0.15, 0.2) is 0 Å². The molecular weight excluding hydrogens is 146 g/mol. The molecule has 3 atom stereocenters. The second kappa shape index (κ2) is 3.02. The van der Waals surface area contributed by atoms with E-state index in [1.165, 1.54) is 25.8 Å². The highest BCUT2D eigenvalue weighted by Crippen LogP contribution is 2.43. The molecular formula is C11H21N. The molecule has 0 aromatic rings. The highest BCUT2D eigenvalue weighted by atomic mass is 15.2. The van der Waals surface area contributed by atoms with Gasteiger partial charge in [-0.1, -0.05) is 20.3 Å². The van der Waals surface area contributed by atoms with Crippen LogP contribution in [-0.2, 0) is 0 Å². The van der Waals surface area contributed by atoms with Crippen molar-refractivity contribution in [3.05, 3.63) is 0 Å². The van der Waals surface area contributed by atoms with Crippen molar-refractivity contribution in [2.24, 2.45) is 17.8 Å². The summed E-state index contributed by atoms with van der Waals surface area (Å²) >= 11 is 0. The Morgan fingerprint density at radius 1 is 1.25 bits per heavy atom. The lowest BCUT2D eigenvalue weighted by atomic mass is 9.87. The molecule has 1 heteroatoms. The van der Waals surface area contributed by atoms with Gasteiger partial charge in [-0.15, -0.1) is 0 Å². The maximum atomic E-state index is 2.60. The number of hydrogen-bond donors (Lipinski definition) is 0. The summed E-state index contributed by atoms with van der Waals surface area (Å²) in [5.41, 5.74) is 0. The van der Waals surface area contributed by atoms with Gasteiger partial charge in [-0.2, -0.15) is 0 Å². The minimum Gasteiger partial charge on any atom is -0.303 e. The number of likely N-dealkylation sites (tertiary alicyclic amines) is 1. The van der Waals surface area contributed by atoms with Crippen LogP contribution in [0.4, 0.5) is 0 Å². The SMILES string of the molecule is CC(C)[C@@H]1[C@H]2CCC[C@H]2CN1C. The van der Waals surface area contributed by atoms with Gasteiger partial charge in [0, 0.05) is 12.6 Å². The van der Waals surface area contributed by atoms with Crippen LogP contribution in [0, 0.1) is 17.8 Å². The van der Waals surface area contributed by atoms with Gasteiger partial charge < -0.3 is 4.90 Å². The van der Waals surface area contributed by atoms with Crippen LogP contribution in [0.25, 0.3) is 0 Å². The number of fused-ring (bicyclic) bond motifs is 1. The fourth-order valence-corrected chi connectivity index (χ4v) is 3.56. The van der Waals surface area contributed by atoms with Crippen molar-refractivity contribution in [1.29, 1.82) is 0 Å². The van der Waals surface area contributed by atoms with E-state index in [4.69, 9.17) is 0 Å². The Hall–Kier alpha value is -0.0400. The molecule has 12 heavy (non-hydrogen) atoms. The summed E-state index contributed by atoms with van der Waals surface area (Å²) in [5.74, 6) is 2.93. The van der Waals surface area contributed by atoms with Crippen molar-refractivity contribution in [3.8, 4) is 0 Å². The first-order chi connectivity index (χ1) is 5.70. The van der Waals surface area contributed by atoms with E-state index in [9.17, 15) is 0 Å². The first-order valence-electron chi connectivity index (χ1n) is 5.40. The molecule has 2 fully saturated rings. The lowest BCUT2D eigenvalue weighted by molar-refractivity contribution is 0.207. The second-order valence-corrected chi connectivity index (χ2v) is 5.03. The van der Waals surface area contributed by atoms with Crippen LogP contribution >= 0.6 is 0 Å². The van der Waals surface area contributed by atoms with Crippen molar-refractivity contribution in [1.82, 2.24) is 4.90 Å². The monoisotopic (exact) mass is 167 g/mol. The molecule has 2 aliphatic rings. The molecule has 1 aliphatic carbocycles. The third kappa shape index (κ3) is 1.19. The fourth-order valence-electron chi connectivity index (χ4n) is 3.56. The van der Waals surface area contributed by atoms with Crippen LogP contribution in [-0.4, -0.2) is 24.5 Å².